The Bertz CT molecular complexity index is 378. The monoisotopic (exact) mass is 376 g/mol. The summed E-state index contributed by atoms with van der Waals surface area (Å²) in [5.74, 6) is 0.136. The van der Waals surface area contributed by atoms with Gasteiger partial charge < -0.3 is 0 Å². The molecule has 0 aromatic rings. The van der Waals surface area contributed by atoms with Crippen LogP contribution in [0.15, 0.2) is 23.8 Å². The molecule has 3 heteroatoms. The highest BCUT2D eigenvalue weighted by Gasteiger charge is 2.35. The third-order valence-corrected chi connectivity index (χ3v) is 6.46. The van der Waals surface area contributed by atoms with E-state index in [9.17, 15) is 4.79 Å². The molecule has 1 rings (SSSR count). The van der Waals surface area contributed by atoms with E-state index in [1.165, 1.54) is 5.57 Å². The number of carbonyl (C=O) groups excluding carboxylic acids is 1. The van der Waals surface area contributed by atoms with Gasteiger partial charge >= 0.3 is 0 Å². The van der Waals surface area contributed by atoms with Crippen LogP contribution in [0, 0.1) is 5.41 Å². The predicted molar refractivity (Wildman–Crippen MR) is 85.6 cm³/mol. The summed E-state index contributed by atoms with van der Waals surface area (Å²) in [6.45, 7) is 8.44. The molecule has 0 radical (unpaired) electrons. The Hall–Kier alpha value is 0.110. The first-order valence-electron chi connectivity index (χ1n) is 6.37. The zero-order valence-corrected chi connectivity index (χ0v) is 14.8. The van der Waals surface area contributed by atoms with Gasteiger partial charge in [-0.25, -0.2) is 0 Å². The van der Waals surface area contributed by atoms with Crippen molar-refractivity contribution in [2.75, 3.05) is 0 Å². The van der Waals surface area contributed by atoms with Crippen molar-refractivity contribution < 1.29 is 4.79 Å². The van der Waals surface area contributed by atoms with Gasteiger partial charge in [0.25, 0.3) is 0 Å². The molecule has 0 fully saturated rings. The lowest BCUT2D eigenvalue weighted by Gasteiger charge is -2.26. The minimum absolute atomic E-state index is 0.0339. The summed E-state index contributed by atoms with van der Waals surface area (Å²) in [4.78, 5) is 12.4. The molecule has 0 heterocycles. The van der Waals surface area contributed by atoms with E-state index in [0.717, 1.165) is 19.3 Å². The highest BCUT2D eigenvalue weighted by molar-refractivity contribution is 9.12. The third-order valence-electron chi connectivity index (χ3n) is 3.52. The molecule has 2 atom stereocenters. The standard InChI is InChI=1S/C15H22Br2O/c1-11-5-6-12(16)15(4,17)13(18)8-10-14(2,3)9-7-11/h7-8,10,12H,5-6,9H2,1-4H3/b10-8+,11-7+/t12-,15+/m0/s1. The summed E-state index contributed by atoms with van der Waals surface area (Å²) in [5, 5.41) is 0. The number of ketones is 1. The number of carbonyl (C=O) groups is 1. The molecule has 0 aliphatic heterocycles. The lowest BCUT2D eigenvalue weighted by atomic mass is 9.87. The molecule has 18 heavy (non-hydrogen) atoms. The maximum absolute atomic E-state index is 12.3. The van der Waals surface area contributed by atoms with Crippen LogP contribution in [-0.4, -0.2) is 14.9 Å². The SMILES string of the molecule is C/C1=C\CC(C)(C)/C=C/C(=O)[C@](C)(Br)[C@@H](Br)CC1. The number of hydrogen-bond acceptors (Lipinski definition) is 1. The van der Waals surface area contributed by atoms with E-state index in [1.54, 1.807) is 6.08 Å². The van der Waals surface area contributed by atoms with Gasteiger partial charge in [-0.1, -0.05) is 63.4 Å². The quantitative estimate of drug-likeness (QED) is 0.419. The topological polar surface area (TPSA) is 17.1 Å². The van der Waals surface area contributed by atoms with E-state index >= 15 is 0 Å². The molecule has 0 aromatic heterocycles. The van der Waals surface area contributed by atoms with Crippen molar-refractivity contribution in [1.82, 2.24) is 0 Å². The lowest BCUT2D eigenvalue weighted by Crippen LogP contribution is -2.36. The molecule has 0 saturated carbocycles. The molecule has 0 saturated heterocycles. The maximum atomic E-state index is 12.3. The van der Waals surface area contributed by atoms with E-state index < -0.39 is 4.32 Å². The van der Waals surface area contributed by atoms with Gasteiger partial charge in [0.2, 0.25) is 0 Å². The van der Waals surface area contributed by atoms with Crippen molar-refractivity contribution in [3.05, 3.63) is 23.8 Å². The molecule has 0 N–H and O–H groups in total. The van der Waals surface area contributed by atoms with Crippen LogP contribution in [0.25, 0.3) is 0 Å². The van der Waals surface area contributed by atoms with E-state index in [4.69, 9.17) is 0 Å². The van der Waals surface area contributed by atoms with Gasteiger partial charge in [0.1, 0.15) is 0 Å². The average Bonchev–Trinajstić information content (AvgIpc) is 2.30. The molecule has 1 aliphatic rings. The van der Waals surface area contributed by atoms with Crippen LogP contribution in [0.2, 0.25) is 0 Å². The Morgan fingerprint density at radius 3 is 2.56 bits per heavy atom. The van der Waals surface area contributed by atoms with Crippen LogP contribution in [0.4, 0.5) is 0 Å². The number of hydrogen-bond donors (Lipinski definition) is 0. The second-order valence-electron chi connectivity index (χ2n) is 6.02. The van der Waals surface area contributed by atoms with Crippen molar-refractivity contribution in [3.8, 4) is 0 Å². The van der Waals surface area contributed by atoms with Crippen molar-refractivity contribution in [2.45, 2.75) is 56.1 Å². The van der Waals surface area contributed by atoms with Gasteiger partial charge in [0, 0.05) is 4.83 Å². The Morgan fingerprint density at radius 1 is 1.33 bits per heavy atom. The summed E-state index contributed by atoms with van der Waals surface area (Å²) in [5.41, 5.74) is 1.44. The Kier molecular flexibility index (Phi) is 5.43. The van der Waals surface area contributed by atoms with Gasteiger partial charge in [-0.15, -0.1) is 0 Å². The Labute approximate surface area is 127 Å². The predicted octanol–water partition coefficient (Wildman–Crippen LogP) is 5.19. The second kappa shape index (κ2) is 6.04. The summed E-state index contributed by atoms with van der Waals surface area (Å²) >= 11 is 7.23. The summed E-state index contributed by atoms with van der Waals surface area (Å²) in [6.07, 6.45) is 9.03. The van der Waals surface area contributed by atoms with Crippen molar-refractivity contribution >= 4 is 37.6 Å². The largest absolute Gasteiger partial charge is 0.293 e. The fourth-order valence-corrected chi connectivity index (χ4v) is 2.67. The highest BCUT2D eigenvalue weighted by atomic mass is 79.9. The Balaban J connectivity index is 3.05. The average molecular weight is 378 g/mol. The molecule has 0 unspecified atom stereocenters. The number of halogens is 2. The highest BCUT2D eigenvalue weighted by Crippen LogP contribution is 2.35. The maximum Gasteiger partial charge on any atom is 0.172 e. The zero-order valence-electron chi connectivity index (χ0n) is 11.6. The van der Waals surface area contributed by atoms with Gasteiger partial charge in [0.05, 0.1) is 4.32 Å². The minimum Gasteiger partial charge on any atom is -0.293 e. The molecule has 102 valence electrons. The fraction of sp³-hybridized carbons (Fsp3) is 0.667. The summed E-state index contributed by atoms with van der Waals surface area (Å²) in [6, 6.07) is 0. The van der Waals surface area contributed by atoms with Crippen LogP contribution in [0.3, 0.4) is 0 Å². The molecule has 0 aromatic carbocycles. The molecule has 1 nitrogen and oxygen atoms in total. The van der Waals surface area contributed by atoms with Crippen molar-refractivity contribution in [3.63, 3.8) is 0 Å². The van der Waals surface area contributed by atoms with Gasteiger partial charge in [-0.3, -0.25) is 4.79 Å². The first-order chi connectivity index (χ1) is 8.15. The van der Waals surface area contributed by atoms with Crippen LogP contribution >= 0.6 is 31.9 Å². The van der Waals surface area contributed by atoms with Crippen LogP contribution < -0.4 is 0 Å². The van der Waals surface area contributed by atoms with E-state index in [1.807, 2.05) is 13.0 Å². The third kappa shape index (κ3) is 4.34. The summed E-state index contributed by atoms with van der Waals surface area (Å²) < 4.78 is -0.524. The normalized spacial score (nSPS) is 38.4. The van der Waals surface area contributed by atoms with Gasteiger partial charge in [-0.2, -0.15) is 0 Å². The number of alkyl halides is 2. The molecule has 1 aliphatic carbocycles. The number of rotatable bonds is 0. The zero-order chi connectivity index (χ0) is 14.0. The first-order valence-corrected chi connectivity index (χ1v) is 8.08. The minimum atomic E-state index is -0.524. The van der Waals surface area contributed by atoms with E-state index in [0.29, 0.717) is 0 Å². The molecular weight excluding hydrogens is 356 g/mol. The Morgan fingerprint density at radius 2 is 1.94 bits per heavy atom. The summed E-state index contributed by atoms with van der Waals surface area (Å²) in [7, 11) is 0. The smallest absolute Gasteiger partial charge is 0.172 e. The molecule has 0 amide bonds. The van der Waals surface area contributed by atoms with Crippen LogP contribution in [-0.2, 0) is 4.79 Å². The second-order valence-corrected chi connectivity index (χ2v) is 8.78. The molecular formula is C15H22Br2O. The van der Waals surface area contributed by atoms with Crippen molar-refractivity contribution in [2.24, 2.45) is 5.41 Å². The fourth-order valence-electron chi connectivity index (χ4n) is 1.85. The van der Waals surface area contributed by atoms with Gasteiger partial charge in [-0.05, 0) is 44.6 Å². The molecule has 0 spiro atoms. The van der Waals surface area contributed by atoms with Crippen molar-refractivity contribution in [1.29, 1.82) is 0 Å². The molecule has 0 bridgehead atoms. The van der Waals surface area contributed by atoms with Crippen LogP contribution in [0.5, 0.6) is 0 Å². The first kappa shape index (κ1) is 16.2. The van der Waals surface area contributed by atoms with Gasteiger partial charge in [0.15, 0.2) is 5.78 Å². The lowest BCUT2D eigenvalue weighted by molar-refractivity contribution is -0.116. The number of allylic oxidation sites excluding steroid dienone is 4. The van der Waals surface area contributed by atoms with E-state index in [2.05, 4.69) is 58.7 Å². The van der Waals surface area contributed by atoms with Crippen LogP contribution in [0.1, 0.15) is 47.0 Å². The van der Waals surface area contributed by atoms with E-state index in [-0.39, 0.29) is 16.0 Å².